The van der Waals surface area contributed by atoms with E-state index >= 15 is 0 Å². The summed E-state index contributed by atoms with van der Waals surface area (Å²) in [5, 5.41) is 1.54. The van der Waals surface area contributed by atoms with E-state index in [1.807, 2.05) is 24.3 Å². The zero-order chi connectivity index (χ0) is 15.4. The molecule has 108 valence electrons. The largest absolute Gasteiger partial charge is 0.294 e. The third-order valence-electron chi connectivity index (χ3n) is 3.06. The van der Waals surface area contributed by atoms with E-state index in [0.717, 1.165) is 23.3 Å². The van der Waals surface area contributed by atoms with Gasteiger partial charge in [-0.15, -0.1) is 0 Å². The van der Waals surface area contributed by atoms with Crippen LogP contribution in [-0.4, -0.2) is 11.2 Å². The van der Waals surface area contributed by atoms with Gasteiger partial charge in [0, 0.05) is 17.4 Å². The summed E-state index contributed by atoms with van der Waals surface area (Å²) < 4.78 is 39.0. The van der Waals surface area contributed by atoms with E-state index in [1.165, 1.54) is 0 Å². The van der Waals surface area contributed by atoms with Crippen molar-refractivity contribution < 1.29 is 18.0 Å². The summed E-state index contributed by atoms with van der Waals surface area (Å²) in [5.74, 6) is -4.72. The van der Waals surface area contributed by atoms with Crippen molar-refractivity contribution >= 4 is 23.4 Å². The van der Waals surface area contributed by atoms with Crippen molar-refractivity contribution in [1.29, 1.82) is 0 Å². The SMILES string of the molecule is O=C(CCc1ccc(C=S)cc1)c1cc(F)c(F)c(F)c1. The minimum Gasteiger partial charge on any atom is -0.294 e. The minimum absolute atomic E-state index is 0.0848. The maximum Gasteiger partial charge on any atom is 0.194 e. The second kappa shape index (κ2) is 6.63. The molecule has 0 heterocycles. The molecular weight excluding hydrogens is 297 g/mol. The fourth-order valence-corrected chi connectivity index (χ4v) is 2.04. The van der Waals surface area contributed by atoms with Crippen molar-refractivity contribution in [3.63, 3.8) is 0 Å². The van der Waals surface area contributed by atoms with E-state index in [0.29, 0.717) is 6.42 Å². The Morgan fingerprint density at radius 2 is 1.62 bits per heavy atom. The third-order valence-corrected chi connectivity index (χ3v) is 3.33. The number of aryl methyl sites for hydroxylation is 1. The highest BCUT2D eigenvalue weighted by molar-refractivity contribution is 7.79. The molecule has 5 heteroatoms. The molecule has 21 heavy (non-hydrogen) atoms. The lowest BCUT2D eigenvalue weighted by Crippen LogP contribution is -2.04. The molecule has 0 aliphatic heterocycles. The molecular formula is C16H11F3OS. The van der Waals surface area contributed by atoms with Crippen LogP contribution in [0.25, 0.3) is 0 Å². The molecule has 0 saturated heterocycles. The quantitative estimate of drug-likeness (QED) is 0.466. The molecule has 2 aromatic carbocycles. The highest BCUT2D eigenvalue weighted by Gasteiger charge is 2.14. The number of hydrogen-bond donors (Lipinski definition) is 0. The molecule has 2 rings (SSSR count). The lowest BCUT2D eigenvalue weighted by molar-refractivity contribution is 0.0981. The molecule has 0 aromatic heterocycles. The van der Waals surface area contributed by atoms with Crippen LogP contribution in [0.5, 0.6) is 0 Å². The summed E-state index contributed by atoms with van der Waals surface area (Å²) in [5.41, 5.74) is 1.64. The number of carbonyl (C=O) groups excluding carboxylic acids is 1. The summed E-state index contributed by atoms with van der Waals surface area (Å²) >= 11 is 4.79. The van der Waals surface area contributed by atoms with Crippen molar-refractivity contribution in [1.82, 2.24) is 0 Å². The lowest BCUT2D eigenvalue weighted by atomic mass is 10.0. The van der Waals surface area contributed by atoms with Crippen molar-refractivity contribution in [2.75, 3.05) is 0 Å². The van der Waals surface area contributed by atoms with Crippen LogP contribution in [0.1, 0.15) is 27.9 Å². The van der Waals surface area contributed by atoms with E-state index in [2.05, 4.69) is 0 Å². The number of thiocarbonyl (C=S) groups is 1. The molecule has 0 N–H and O–H groups in total. The fourth-order valence-electron chi connectivity index (χ4n) is 1.88. The van der Waals surface area contributed by atoms with Gasteiger partial charge < -0.3 is 0 Å². The molecule has 0 bridgehead atoms. The summed E-state index contributed by atoms with van der Waals surface area (Å²) in [7, 11) is 0. The maximum atomic E-state index is 13.1. The number of halogens is 3. The van der Waals surface area contributed by atoms with Crippen LogP contribution in [0.3, 0.4) is 0 Å². The number of hydrogen-bond acceptors (Lipinski definition) is 2. The smallest absolute Gasteiger partial charge is 0.194 e. The molecule has 0 aliphatic rings. The molecule has 2 aromatic rings. The normalized spacial score (nSPS) is 10.4. The molecule has 0 amide bonds. The Balaban J connectivity index is 2.06. The predicted molar refractivity (Wildman–Crippen MR) is 78.2 cm³/mol. The van der Waals surface area contributed by atoms with Gasteiger partial charge in [-0.1, -0.05) is 36.5 Å². The highest BCUT2D eigenvalue weighted by Crippen LogP contribution is 2.16. The molecule has 0 saturated carbocycles. The lowest BCUT2D eigenvalue weighted by Gasteiger charge is -2.04. The van der Waals surface area contributed by atoms with Gasteiger partial charge in [0.25, 0.3) is 0 Å². The number of ketones is 1. The second-order valence-corrected chi connectivity index (χ2v) is 4.77. The molecule has 1 nitrogen and oxygen atoms in total. The average molecular weight is 308 g/mol. The van der Waals surface area contributed by atoms with Crippen LogP contribution in [0.4, 0.5) is 13.2 Å². The summed E-state index contributed by atoms with van der Waals surface area (Å²) in [6, 6.07) is 8.74. The van der Waals surface area contributed by atoms with Gasteiger partial charge in [-0.05, 0) is 29.7 Å². The van der Waals surface area contributed by atoms with Crippen LogP contribution in [0, 0.1) is 17.5 Å². The van der Waals surface area contributed by atoms with E-state index in [9.17, 15) is 18.0 Å². The first kappa shape index (κ1) is 15.4. The van der Waals surface area contributed by atoms with Crippen molar-refractivity contribution in [2.45, 2.75) is 12.8 Å². The first-order valence-corrected chi connectivity index (χ1v) is 6.70. The predicted octanol–water partition coefficient (Wildman–Crippen LogP) is 4.27. The molecule has 0 spiro atoms. The molecule has 0 aliphatic carbocycles. The summed E-state index contributed by atoms with van der Waals surface area (Å²) in [6.45, 7) is 0. The molecule has 0 atom stereocenters. The monoisotopic (exact) mass is 308 g/mol. The van der Waals surface area contributed by atoms with Crippen LogP contribution in [-0.2, 0) is 6.42 Å². The first-order chi connectivity index (χ1) is 10.0. The Labute approximate surface area is 125 Å². The Morgan fingerprint density at radius 3 is 2.14 bits per heavy atom. The van der Waals surface area contributed by atoms with E-state index in [-0.39, 0.29) is 12.0 Å². The van der Waals surface area contributed by atoms with Crippen molar-refractivity contribution in [2.24, 2.45) is 0 Å². The number of carbonyl (C=O) groups is 1. The Bertz CT molecular complexity index is 657. The summed E-state index contributed by atoms with van der Waals surface area (Å²) in [6.07, 6.45) is 0.513. The number of rotatable bonds is 5. The van der Waals surface area contributed by atoms with Crippen LogP contribution < -0.4 is 0 Å². The van der Waals surface area contributed by atoms with E-state index in [1.54, 1.807) is 5.37 Å². The van der Waals surface area contributed by atoms with Gasteiger partial charge in [-0.3, -0.25) is 4.79 Å². The van der Waals surface area contributed by atoms with Gasteiger partial charge in [-0.2, -0.15) is 0 Å². The summed E-state index contributed by atoms with van der Waals surface area (Å²) in [4.78, 5) is 11.9. The Morgan fingerprint density at radius 1 is 1.05 bits per heavy atom. The number of Topliss-reactive ketones (excluding diaryl/α,β-unsaturated/α-hetero) is 1. The highest BCUT2D eigenvalue weighted by atomic mass is 32.1. The number of benzene rings is 2. The van der Waals surface area contributed by atoms with Crippen molar-refractivity contribution in [3.8, 4) is 0 Å². The maximum absolute atomic E-state index is 13.1. The van der Waals surface area contributed by atoms with Gasteiger partial charge in [0.2, 0.25) is 0 Å². The third kappa shape index (κ3) is 3.76. The zero-order valence-electron chi connectivity index (χ0n) is 10.9. The average Bonchev–Trinajstić information content (AvgIpc) is 2.50. The van der Waals surface area contributed by atoms with Gasteiger partial charge in [0.15, 0.2) is 23.2 Å². The van der Waals surface area contributed by atoms with E-state index < -0.39 is 23.2 Å². The Hall–Kier alpha value is -2.01. The van der Waals surface area contributed by atoms with Crippen LogP contribution in [0.2, 0.25) is 0 Å². The van der Waals surface area contributed by atoms with Crippen LogP contribution >= 0.6 is 12.2 Å². The fraction of sp³-hybridized carbons (Fsp3) is 0.125. The molecule has 0 unspecified atom stereocenters. The van der Waals surface area contributed by atoms with E-state index in [4.69, 9.17) is 12.2 Å². The minimum atomic E-state index is -1.57. The van der Waals surface area contributed by atoms with Gasteiger partial charge in [0.1, 0.15) is 0 Å². The first-order valence-electron chi connectivity index (χ1n) is 6.23. The van der Waals surface area contributed by atoms with Crippen molar-refractivity contribution in [3.05, 3.63) is 70.5 Å². The second-order valence-electron chi connectivity index (χ2n) is 4.54. The topological polar surface area (TPSA) is 17.1 Å². The Kier molecular flexibility index (Phi) is 4.85. The van der Waals surface area contributed by atoms with Gasteiger partial charge in [0.05, 0.1) is 0 Å². The van der Waals surface area contributed by atoms with Gasteiger partial charge >= 0.3 is 0 Å². The standard InChI is InChI=1S/C16H11F3OS/c17-13-7-12(8-14(18)16(13)19)15(20)6-5-10-1-3-11(9-21)4-2-10/h1-4,7-9H,5-6H2. The van der Waals surface area contributed by atoms with Crippen LogP contribution in [0.15, 0.2) is 36.4 Å². The molecule has 0 fully saturated rings. The molecule has 0 radical (unpaired) electrons. The van der Waals surface area contributed by atoms with Gasteiger partial charge in [-0.25, -0.2) is 13.2 Å². The zero-order valence-corrected chi connectivity index (χ0v) is 11.7.